The van der Waals surface area contributed by atoms with E-state index in [2.05, 4.69) is 10.4 Å². The van der Waals surface area contributed by atoms with Crippen LogP contribution in [0.2, 0.25) is 0 Å². The van der Waals surface area contributed by atoms with E-state index < -0.39 is 0 Å². The van der Waals surface area contributed by atoms with Crippen molar-refractivity contribution in [1.29, 1.82) is 0 Å². The molecular formula is C20H30N4O3. The molecule has 2 saturated heterocycles. The summed E-state index contributed by atoms with van der Waals surface area (Å²) in [7, 11) is 1.85. The number of hydrogen-bond acceptors (Lipinski definition) is 4. The Bertz CT molecular complexity index is 656. The van der Waals surface area contributed by atoms with Gasteiger partial charge in [-0.2, -0.15) is 5.10 Å². The van der Waals surface area contributed by atoms with Crippen LogP contribution in [0.4, 0.5) is 0 Å². The predicted molar refractivity (Wildman–Crippen MR) is 103 cm³/mol. The SMILES string of the molecule is Cn1cc(C=CC(=O)N2CCC(CCC(=O)NCC3CCCO3)CC2)cn1. The third-order valence-corrected chi connectivity index (χ3v) is 5.40. The van der Waals surface area contributed by atoms with Crippen LogP contribution in [-0.4, -0.2) is 58.8 Å². The van der Waals surface area contributed by atoms with Crippen LogP contribution in [0.25, 0.3) is 6.08 Å². The number of carbonyl (C=O) groups is 2. The molecule has 7 heteroatoms. The zero-order valence-electron chi connectivity index (χ0n) is 16.1. The fourth-order valence-corrected chi connectivity index (χ4v) is 3.70. The minimum absolute atomic E-state index is 0.0478. The van der Waals surface area contributed by atoms with Gasteiger partial charge in [-0.1, -0.05) is 0 Å². The molecule has 2 aliphatic rings. The Kier molecular flexibility index (Phi) is 7.04. The maximum Gasteiger partial charge on any atom is 0.246 e. The van der Waals surface area contributed by atoms with Crippen molar-refractivity contribution < 1.29 is 14.3 Å². The van der Waals surface area contributed by atoms with Crippen molar-refractivity contribution in [3.8, 4) is 0 Å². The second kappa shape index (κ2) is 9.69. The van der Waals surface area contributed by atoms with E-state index in [0.717, 1.165) is 57.4 Å². The van der Waals surface area contributed by atoms with E-state index in [1.54, 1.807) is 23.0 Å². The molecule has 1 N–H and O–H groups in total. The molecule has 1 unspecified atom stereocenters. The number of nitrogens with one attached hydrogen (secondary N) is 1. The number of aryl methyl sites for hydroxylation is 1. The second-order valence-corrected chi connectivity index (χ2v) is 7.53. The number of piperidine rings is 1. The van der Waals surface area contributed by atoms with Gasteiger partial charge in [0.1, 0.15) is 0 Å². The number of nitrogens with zero attached hydrogens (tertiary/aromatic N) is 3. The Morgan fingerprint density at radius 1 is 1.33 bits per heavy atom. The van der Waals surface area contributed by atoms with Crippen LogP contribution in [0.3, 0.4) is 0 Å². The van der Waals surface area contributed by atoms with Gasteiger partial charge in [0.25, 0.3) is 0 Å². The van der Waals surface area contributed by atoms with Crippen molar-refractivity contribution in [2.75, 3.05) is 26.2 Å². The minimum Gasteiger partial charge on any atom is -0.376 e. The Balaban J connectivity index is 1.31. The van der Waals surface area contributed by atoms with Crippen molar-refractivity contribution in [2.45, 2.75) is 44.6 Å². The molecule has 148 valence electrons. The summed E-state index contributed by atoms with van der Waals surface area (Å²) in [4.78, 5) is 26.2. The lowest BCUT2D eigenvalue weighted by molar-refractivity contribution is -0.127. The highest BCUT2D eigenvalue weighted by atomic mass is 16.5. The normalized spacial score (nSPS) is 21.1. The van der Waals surface area contributed by atoms with E-state index in [1.807, 2.05) is 18.1 Å². The summed E-state index contributed by atoms with van der Waals surface area (Å²) < 4.78 is 7.23. The van der Waals surface area contributed by atoms with Gasteiger partial charge >= 0.3 is 0 Å². The zero-order chi connectivity index (χ0) is 19.1. The highest BCUT2D eigenvalue weighted by Crippen LogP contribution is 2.22. The topological polar surface area (TPSA) is 76.5 Å². The molecule has 3 rings (SSSR count). The largest absolute Gasteiger partial charge is 0.376 e. The van der Waals surface area contributed by atoms with Gasteiger partial charge in [0, 0.05) is 57.5 Å². The van der Waals surface area contributed by atoms with E-state index in [0.29, 0.717) is 18.9 Å². The standard InChI is InChI=1S/C20H30N4O3/c1-23-15-17(13-22-23)5-7-20(26)24-10-8-16(9-11-24)4-6-19(25)21-14-18-3-2-12-27-18/h5,7,13,15-16,18H,2-4,6,8-12,14H2,1H3,(H,21,25). The first-order valence-corrected chi connectivity index (χ1v) is 9.94. The van der Waals surface area contributed by atoms with Crippen LogP contribution < -0.4 is 5.32 Å². The van der Waals surface area contributed by atoms with Crippen LogP contribution in [0.1, 0.15) is 44.1 Å². The Morgan fingerprint density at radius 3 is 2.81 bits per heavy atom. The second-order valence-electron chi connectivity index (χ2n) is 7.53. The number of aromatic nitrogens is 2. The highest BCUT2D eigenvalue weighted by Gasteiger charge is 2.22. The molecule has 27 heavy (non-hydrogen) atoms. The molecule has 2 amide bonds. The van der Waals surface area contributed by atoms with Gasteiger partial charge in [-0.3, -0.25) is 14.3 Å². The number of likely N-dealkylation sites (tertiary alicyclic amines) is 1. The van der Waals surface area contributed by atoms with Crippen LogP contribution in [-0.2, 0) is 21.4 Å². The first-order valence-electron chi connectivity index (χ1n) is 9.94. The zero-order valence-corrected chi connectivity index (χ0v) is 16.1. The summed E-state index contributed by atoms with van der Waals surface area (Å²) in [6.45, 7) is 2.97. The molecule has 2 fully saturated rings. The molecule has 0 spiro atoms. The summed E-state index contributed by atoms with van der Waals surface area (Å²) in [6.07, 6.45) is 12.8. The van der Waals surface area contributed by atoms with Crippen LogP contribution in [0.15, 0.2) is 18.5 Å². The van der Waals surface area contributed by atoms with E-state index in [4.69, 9.17) is 4.74 Å². The average Bonchev–Trinajstić information content (AvgIpc) is 3.34. The fraction of sp³-hybridized carbons (Fsp3) is 0.650. The average molecular weight is 374 g/mol. The van der Waals surface area contributed by atoms with Crippen molar-refractivity contribution in [3.63, 3.8) is 0 Å². The lowest BCUT2D eigenvalue weighted by Gasteiger charge is -2.31. The fourth-order valence-electron chi connectivity index (χ4n) is 3.70. The number of ether oxygens (including phenoxy) is 1. The van der Waals surface area contributed by atoms with E-state index in [-0.39, 0.29) is 17.9 Å². The number of amides is 2. The van der Waals surface area contributed by atoms with Gasteiger partial charge in [0.15, 0.2) is 0 Å². The minimum atomic E-state index is 0.0478. The predicted octanol–water partition coefficient (Wildman–Crippen LogP) is 1.75. The molecule has 0 aromatic carbocycles. The van der Waals surface area contributed by atoms with Crippen LogP contribution in [0.5, 0.6) is 0 Å². The summed E-state index contributed by atoms with van der Waals surface area (Å²) >= 11 is 0. The Hall–Kier alpha value is -2.15. The molecule has 0 bridgehead atoms. The molecule has 1 aromatic heterocycles. The van der Waals surface area contributed by atoms with Gasteiger partial charge in [0.2, 0.25) is 11.8 Å². The molecule has 3 heterocycles. The summed E-state index contributed by atoms with van der Waals surface area (Å²) in [6, 6.07) is 0. The summed E-state index contributed by atoms with van der Waals surface area (Å²) in [5.41, 5.74) is 0.926. The molecule has 0 saturated carbocycles. The van der Waals surface area contributed by atoms with Gasteiger partial charge in [-0.25, -0.2) is 0 Å². The Labute approximate surface area is 160 Å². The molecule has 0 radical (unpaired) electrons. The Morgan fingerprint density at radius 2 is 2.15 bits per heavy atom. The van der Waals surface area contributed by atoms with Gasteiger partial charge in [0.05, 0.1) is 12.3 Å². The molecule has 2 aliphatic heterocycles. The first kappa shape index (κ1) is 19.6. The molecule has 1 atom stereocenters. The summed E-state index contributed by atoms with van der Waals surface area (Å²) in [5, 5.41) is 7.07. The third kappa shape index (κ3) is 6.20. The van der Waals surface area contributed by atoms with E-state index >= 15 is 0 Å². The molecule has 0 aliphatic carbocycles. The van der Waals surface area contributed by atoms with Crippen molar-refractivity contribution >= 4 is 17.9 Å². The first-order chi connectivity index (χ1) is 13.1. The molecular weight excluding hydrogens is 344 g/mol. The van der Waals surface area contributed by atoms with Crippen LogP contribution in [0, 0.1) is 5.92 Å². The monoisotopic (exact) mass is 374 g/mol. The van der Waals surface area contributed by atoms with Crippen LogP contribution >= 0.6 is 0 Å². The van der Waals surface area contributed by atoms with Gasteiger partial charge in [-0.05, 0) is 44.1 Å². The smallest absolute Gasteiger partial charge is 0.246 e. The van der Waals surface area contributed by atoms with E-state index in [9.17, 15) is 9.59 Å². The summed E-state index contributed by atoms with van der Waals surface area (Å²) in [5.74, 6) is 0.680. The van der Waals surface area contributed by atoms with Crippen molar-refractivity contribution in [2.24, 2.45) is 13.0 Å². The maximum atomic E-state index is 12.3. The van der Waals surface area contributed by atoms with Crippen molar-refractivity contribution in [1.82, 2.24) is 20.0 Å². The number of rotatable bonds is 7. The quantitative estimate of drug-likeness (QED) is 0.738. The maximum absolute atomic E-state index is 12.3. The van der Waals surface area contributed by atoms with Crippen molar-refractivity contribution in [3.05, 3.63) is 24.0 Å². The number of hydrogen-bond donors (Lipinski definition) is 1. The lowest BCUT2D eigenvalue weighted by Crippen LogP contribution is -2.38. The third-order valence-electron chi connectivity index (χ3n) is 5.40. The molecule has 7 nitrogen and oxygen atoms in total. The molecule has 1 aromatic rings. The number of carbonyl (C=O) groups excluding carboxylic acids is 2. The van der Waals surface area contributed by atoms with Gasteiger partial charge < -0.3 is 15.0 Å². The lowest BCUT2D eigenvalue weighted by atomic mass is 9.92. The van der Waals surface area contributed by atoms with E-state index in [1.165, 1.54) is 0 Å². The highest BCUT2D eigenvalue weighted by molar-refractivity contribution is 5.91. The van der Waals surface area contributed by atoms with Gasteiger partial charge in [-0.15, -0.1) is 0 Å².